The van der Waals surface area contributed by atoms with Gasteiger partial charge < -0.3 is 19.2 Å². The molecule has 1 aromatic carbocycles. The van der Waals surface area contributed by atoms with Gasteiger partial charge in [0.2, 0.25) is 10.8 Å². The Hall–Kier alpha value is -3.37. The van der Waals surface area contributed by atoms with E-state index in [0.29, 0.717) is 55.8 Å². The van der Waals surface area contributed by atoms with Gasteiger partial charge in [0.1, 0.15) is 5.75 Å². The maximum absolute atomic E-state index is 12.7. The van der Waals surface area contributed by atoms with E-state index in [-0.39, 0.29) is 17.8 Å². The highest BCUT2D eigenvalue weighted by Gasteiger charge is 2.33. The molecule has 0 aliphatic carbocycles. The summed E-state index contributed by atoms with van der Waals surface area (Å²) in [5, 5.41) is 15.5. The minimum Gasteiger partial charge on any atom is -0.494 e. The highest BCUT2D eigenvalue weighted by molar-refractivity contribution is 7.17. The zero-order chi connectivity index (χ0) is 23.7. The van der Waals surface area contributed by atoms with Crippen molar-refractivity contribution in [1.29, 1.82) is 0 Å². The zero-order valence-corrected chi connectivity index (χ0v) is 20.0. The van der Waals surface area contributed by atoms with Crippen molar-refractivity contribution in [3.63, 3.8) is 0 Å². The van der Waals surface area contributed by atoms with Crippen LogP contribution in [0.25, 0.3) is 4.96 Å². The molecule has 10 heteroatoms. The first-order valence-corrected chi connectivity index (χ1v) is 12.3. The maximum Gasteiger partial charge on any atom is 0.289 e. The fourth-order valence-electron chi connectivity index (χ4n) is 4.30. The first-order valence-electron chi connectivity index (χ1n) is 11.5. The van der Waals surface area contributed by atoms with Gasteiger partial charge >= 0.3 is 0 Å². The molecule has 1 amide bonds. The number of furan rings is 1. The Labute approximate surface area is 201 Å². The van der Waals surface area contributed by atoms with E-state index in [1.54, 1.807) is 17.0 Å². The quantitative estimate of drug-likeness (QED) is 0.431. The molecule has 0 saturated carbocycles. The average Bonchev–Trinajstić information content (AvgIpc) is 3.60. The molecule has 9 nitrogen and oxygen atoms in total. The third-order valence-electron chi connectivity index (χ3n) is 6.01. The second-order valence-corrected chi connectivity index (χ2v) is 9.09. The molecule has 0 bridgehead atoms. The van der Waals surface area contributed by atoms with E-state index in [1.165, 1.54) is 22.1 Å². The minimum absolute atomic E-state index is 0.101. The van der Waals surface area contributed by atoms with Crippen LogP contribution in [-0.2, 0) is 6.42 Å². The number of fused-ring (bicyclic) bond motifs is 1. The third kappa shape index (κ3) is 4.14. The summed E-state index contributed by atoms with van der Waals surface area (Å²) in [7, 11) is 0. The number of rotatable bonds is 7. The van der Waals surface area contributed by atoms with Gasteiger partial charge in [0.25, 0.3) is 5.91 Å². The summed E-state index contributed by atoms with van der Waals surface area (Å²) in [6.07, 6.45) is 2.22. The molecule has 1 atom stereocenters. The Balaban J connectivity index is 1.45. The summed E-state index contributed by atoms with van der Waals surface area (Å²) in [6.45, 7) is 6.97. The van der Waals surface area contributed by atoms with Gasteiger partial charge in [-0.15, -0.1) is 5.10 Å². The molecule has 1 N–H and O–H groups in total. The van der Waals surface area contributed by atoms with Crippen molar-refractivity contribution in [1.82, 2.24) is 24.4 Å². The SMILES string of the molecule is CCOc1ccc([C@@H](c2sc3nc(CC)nn3c2O)N2CCN(C(=O)c3ccco3)CC2)cc1. The van der Waals surface area contributed by atoms with E-state index >= 15 is 0 Å². The van der Waals surface area contributed by atoms with Crippen LogP contribution >= 0.6 is 11.3 Å². The molecule has 3 aromatic heterocycles. The Kier molecular flexibility index (Phi) is 6.25. The number of aromatic nitrogens is 3. The summed E-state index contributed by atoms with van der Waals surface area (Å²) < 4.78 is 12.4. The van der Waals surface area contributed by atoms with Crippen LogP contribution in [0.3, 0.4) is 0 Å². The van der Waals surface area contributed by atoms with E-state index < -0.39 is 0 Å². The van der Waals surface area contributed by atoms with E-state index in [4.69, 9.17) is 9.15 Å². The molecule has 0 unspecified atom stereocenters. The Bertz CT molecular complexity index is 1260. The molecule has 5 rings (SSSR count). The van der Waals surface area contributed by atoms with Crippen molar-refractivity contribution in [2.45, 2.75) is 26.3 Å². The maximum atomic E-state index is 12.7. The number of hydrogen-bond donors (Lipinski definition) is 1. The molecular weight excluding hydrogens is 454 g/mol. The normalized spacial score (nSPS) is 15.6. The number of hydrogen-bond acceptors (Lipinski definition) is 8. The number of aryl methyl sites for hydroxylation is 1. The molecule has 4 aromatic rings. The molecular formula is C24H27N5O4S. The van der Waals surface area contributed by atoms with Crippen molar-refractivity contribution in [2.24, 2.45) is 0 Å². The van der Waals surface area contributed by atoms with E-state index in [9.17, 15) is 9.90 Å². The fraction of sp³-hybridized carbons (Fsp3) is 0.375. The van der Waals surface area contributed by atoms with Crippen molar-refractivity contribution >= 4 is 22.2 Å². The monoisotopic (exact) mass is 481 g/mol. The summed E-state index contributed by atoms with van der Waals surface area (Å²) in [4.78, 5) is 22.8. The Morgan fingerprint density at radius 2 is 1.94 bits per heavy atom. The molecule has 4 heterocycles. The molecule has 1 aliphatic rings. The number of carbonyl (C=O) groups excluding carboxylic acids is 1. The lowest BCUT2D eigenvalue weighted by Gasteiger charge is -2.38. The highest BCUT2D eigenvalue weighted by atomic mass is 32.1. The largest absolute Gasteiger partial charge is 0.494 e. The molecule has 1 saturated heterocycles. The van der Waals surface area contributed by atoms with Gasteiger partial charge in [-0.05, 0) is 36.8 Å². The van der Waals surface area contributed by atoms with Crippen LogP contribution in [0.1, 0.15) is 46.7 Å². The molecule has 0 radical (unpaired) electrons. The molecule has 178 valence electrons. The van der Waals surface area contributed by atoms with E-state index in [1.807, 2.05) is 38.1 Å². The van der Waals surface area contributed by atoms with Crippen LogP contribution in [0.15, 0.2) is 47.1 Å². The van der Waals surface area contributed by atoms with Gasteiger partial charge in [0.15, 0.2) is 11.6 Å². The number of benzene rings is 1. The molecule has 0 spiro atoms. The Morgan fingerprint density at radius 3 is 2.56 bits per heavy atom. The van der Waals surface area contributed by atoms with Gasteiger partial charge in [-0.3, -0.25) is 9.69 Å². The minimum atomic E-state index is -0.199. The summed E-state index contributed by atoms with van der Waals surface area (Å²) in [5.41, 5.74) is 1.03. The lowest BCUT2D eigenvalue weighted by atomic mass is 10.0. The first kappa shape index (κ1) is 22.4. The van der Waals surface area contributed by atoms with E-state index in [0.717, 1.165) is 16.2 Å². The number of aromatic hydroxyl groups is 1. The van der Waals surface area contributed by atoms with Crippen LogP contribution < -0.4 is 4.74 Å². The predicted molar refractivity (Wildman–Crippen MR) is 128 cm³/mol. The topological polar surface area (TPSA) is 96.3 Å². The Morgan fingerprint density at radius 1 is 1.18 bits per heavy atom. The van der Waals surface area contributed by atoms with Crippen LogP contribution in [0.4, 0.5) is 0 Å². The van der Waals surface area contributed by atoms with Gasteiger partial charge in [-0.25, -0.2) is 4.98 Å². The molecule has 1 aliphatic heterocycles. The lowest BCUT2D eigenvalue weighted by molar-refractivity contribution is 0.0568. The lowest BCUT2D eigenvalue weighted by Crippen LogP contribution is -2.49. The van der Waals surface area contributed by atoms with Crippen LogP contribution in [0.5, 0.6) is 11.6 Å². The number of piperazine rings is 1. The van der Waals surface area contributed by atoms with Gasteiger partial charge in [-0.1, -0.05) is 30.4 Å². The summed E-state index contributed by atoms with van der Waals surface area (Å²) in [5.74, 6) is 1.87. The van der Waals surface area contributed by atoms with Crippen LogP contribution in [0.2, 0.25) is 0 Å². The summed E-state index contributed by atoms with van der Waals surface area (Å²) in [6, 6.07) is 11.2. The second kappa shape index (κ2) is 9.47. The van der Waals surface area contributed by atoms with Crippen molar-refractivity contribution in [3.8, 4) is 11.6 Å². The third-order valence-corrected chi connectivity index (χ3v) is 7.09. The number of thiazole rings is 1. The van der Waals surface area contributed by atoms with Crippen molar-refractivity contribution < 1.29 is 19.1 Å². The summed E-state index contributed by atoms with van der Waals surface area (Å²) >= 11 is 1.45. The number of amides is 1. The standard InChI is InChI=1S/C24H27N5O4S/c1-3-19-25-24-29(26-19)23(31)21(34-24)20(16-7-9-17(10-8-16)32-4-2)27-11-13-28(14-12-27)22(30)18-6-5-15-33-18/h5-10,15,20,31H,3-4,11-14H2,1-2H3/t20-/m0/s1. The molecule has 34 heavy (non-hydrogen) atoms. The number of ether oxygens (including phenoxy) is 1. The average molecular weight is 482 g/mol. The van der Waals surface area contributed by atoms with Gasteiger partial charge in [0.05, 0.1) is 23.8 Å². The zero-order valence-electron chi connectivity index (χ0n) is 19.2. The van der Waals surface area contributed by atoms with Gasteiger partial charge in [0, 0.05) is 32.6 Å². The second-order valence-electron chi connectivity index (χ2n) is 8.08. The highest BCUT2D eigenvalue weighted by Crippen LogP contribution is 2.40. The van der Waals surface area contributed by atoms with Crippen molar-refractivity contribution in [3.05, 3.63) is 64.7 Å². The van der Waals surface area contributed by atoms with Crippen LogP contribution in [0, 0.1) is 0 Å². The fourth-order valence-corrected chi connectivity index (χ4v) is 5.43. The van der Waals surface area contributed by atoms with Gasteiger partial charge in [-0.2, -0.15) is 4.52 Å². The molecule has 1 fully saturated rings. The smallest absolute Gasteiger partial charge is 0.289 e. The van der Waals surface area contributed by atoms with E-state index in [2.05, 4.69) is 15.0 Å². The van der Waals surface area contributed by atoms with Crippen molar-refractivity contribution in [2.75, 3.05) is 32.8 Å². The number of carbonyl (C=O) groups is 1. The van der Waals surface area contributed by atoms with Crippen LogP contribution in [-0.4, -0.2) is 68.2 Å². The first-order chi connectivity index (χ1) is 16.6. The predicted octanol–water partition coefficient (Wildman–Crippen LogP) is 3.60. The number of nitrogens with zero attached hydrogens (tertiary/aromatic N) is 5.